The van der Waals surface area contributed by atoms with Crippen LogP contribution in [0.4, 0.5) is 0 Å². The molecular weight excluding hydrogens is 216 g/mol. The number of nitrogens with one attached hydrogen (secondary N) is 1. The molecule has 0 aromatic rings. The maximum atomic E-state index is 12.4. The monoisotopic (exact) mass is 240 g/mol. The smallest absolute Gasteiger partial charge is 0.225 e. The van der Waals surface area contributed by atoms with Crippen molar-refractivity contribution in [3.63, 3.8) is 0 Å². The van der Waals surface area contributed by atoms with E-state index in [0.717, 1.165) is 38.8 Å². The summed E-state index contributed by atoms with van der Waals surface area (Å²) < 4.78 is 0. The Morgan fingerprint density at radius 3 is 2.94 bits per heavy atom. The fraction of sp³-hybridized carbons (Fsp3) is 0.923. The molecule has 0 saturated carbocycles. The molecule has 2 rings (SSSR count). The average Bonchev–Trinajstić information content (AvgIpc) is 2.26. The van der Waals surface area contributed by atoms with Crippen LogP contribution in [0.15, 0.2) is 0 Å². The largest absolute Gasteiger partial charge is 0.388 e. The molecule has 4 heteroatoms. The van der Waals surface area contributed by atoms with Crippen LogP contribution in [0.25, 0.3) is 0 Å². The number of aliphatic hydroxyl groups is 1. The van der Waals surface area contributed by atoms with Gasteiger partial charge in [0.2, 0.25) is 5.91 Å². The third-order valence-corrected chi connectivity index (χ3v) is 3.96. The van der Waals surface area contributed by atoms with Crippen LogP contribution in [0.2, 0.25) is 0 Å². The lowest BCUT2D eigenvalue weighted by molar-refractivity contribution is -0.143. The Hall–Kier alpha value is -0.610. The summed E-state index contributed by atoms with van der Waals surface area (Å²) in [4.78, 5) is 14.2. The van der Waals surface area contributed by atoms with Gasteiger partial charge in [-0.25, -0.2) is 0 Å². The summed E-state index contributed by atoms with van der Waals surface area (Å²) in [6.45, 7) is 6.21. The Kier molecular flexibility index (Phi) is 3.73. The summed E-state index contributed by atoms with van der Waals surface area (Å²) in [7, 11) is 0. The van der Waals surface area contributed by atoms with Gasteiger partial charge in [0.05, 0.1) is 5.60 Å². The van der Waals surface area contributed by atoms with E-state index in [2.05, 4.69) is 12.2 Å². The van der Waals surface area contributed by atoms with Crippen molar-refractivity contribution in [1.82, 2.24) is 10.2 Å². The van der Waals surface area contributed by atoms with Crippen LogP contribution in [-0.4, -0.2) is 47.2 Å². The fourth-order valence-electron chi connectivity index (χ4n) is 3.02. The van der Waals surface area contributed by atoms with Crippen LogP contribution in [0.3, 0.4) is 0 Å². The molecule has 0 radical (unpaired) electrons. The van der Waals surface area contributed by atoms with E-state index in [4.69, 9.17) is 0 Å². The number of β-amino-alcohol motifs (C(OH)–C–C–N with tert-alkyl or cyclic N) is 1. The van der Waals surface area contributed by atoms with Crippen molar-refractivity contribution >= 4 is 5.91 Å². The number of carbonyl (C=O) groups is 1. The predicted molar refractivity (Wildman–Crippen MR) is 66.6 cm³/mol. The highest BCUT2D eigenvalue weighted by atomic mass is 16.3. The number of rotatable bonds is 1. The number of amides is 1. The molecule has 0 aromatic carbocycles. The molecule has 2 saturated heterocycles. The second-order valence-corrected chi connectivity index (χ2v) is 5.94. The van der Waals surface area contributed by atoms with Gasteiger partial charge in [-0.2, -0.15) is 0 Å². The summed E-state index contributed by atoms with van der Waals surface area (Å²) in [6, 6.07) is 0.433. The molecule has 0 aromatic heterocycles. The third-order valence-electron chi connectivity index (χ3n) is 3.96. The summed E-state index contributed by atoms with van der Waals surface area (Å²) in [5.74, 6) is 0.401. The molecule has 3 unspecified atom stereocenters. The lowest BCUT2D eigenvalue weighted by Crippen LogP contribution is -2.52. The zero-order valence-electron chi connectivity index (χ0n) is 10.9. The fourth-order valence-corrected chi connectivity index (χ4v) is 3.02. The first-order valence-electron chi connectivity index (χ1n) is 6.72. The highest BCUT2D eigenvalue weighted by molar-refractivity contribution is 5.79. The highest BCUT2D eigenvalue weighted by Gasteiger charge is 2.34. The normalized spacial score (nSPS) is 39.1. The van der Waals surface area contributed by atoms with Gasteiger partial charge in [0.15, 0.2) is 0 Å². The van der Waals surface area contributed by atoms with Crippen LogP contribution in [0.1, 0.15) is 39.5 Å². The quantitative estimate of drug-likeness (QED) is 0.711. The minimum Gasteiger partial charge on any atom is -0.388 e. The second kappa shape index (κ2) is 4.94. The molecule has 2 heterocycles. The number of carbonyl (C=O) groups excluding carboxylic acids is 1. The van der Waals surface area contributed by atoms with Gasteiger partial charge < -0.3 is 15.3 Å². The van der Waals surface area contributed by atoms with Crippen molar-refractivity contribution in [2.24, 2.45) is 5.92 Å². The van der Waals surface area contributed by atoms with E-state index in [-0.39, 0.29) is 11.8 Å². The van der Waals surface area contributed by atoms with E-state index in [0.29, 0.717) is 12.6 Å². The zero-order valence-corrected chi connectivity index (χ0v) is 10.9. The van der Waals surface area contributed by atoms with Crippen molar-refractivity contribution in [3.8, 4) is 0 Å². The van der Waals surface area contributed by atoms with Gasteiger partial charge in [0.1, 0.15) is 0 Å². The van der Waals surface area contributed by atoms with Crippen LogP contribution < -0.4 is 5.32 Å². The molecule has 98 valence electrons. The highest BCUT2D eigenvalue weighted by Crippen LogP contribution is 2.25. The average molecular weight is 240 g/mol. The molecule has 2 aliphatic rings. The van der Waals surface area contributed by atoms with Crippen LogP contribution >= 0.6 is 0 Å². The van der Waals surface area contributed by atoms with Crippen molar-refractivity contribution in [2.75, 3.05) is 19.6 Å². The molecule has 4 nitrogen and oxygen atoms in total. The van der Waals surface area contributed by atoms with Gasteiger partial charge in [-0.15, -0.1) is 0 Å². The molecule has 2 N–H and O–H groups in total. The maximum absolute atomic E-state index is 12.4. The minimum atomic E-state index is -0.688. The minimum absolute atomic E-state index is 0.153. The first kappa shape index (κ1) is 12.8. The number of nitrogens with zero attached hydrogens (tertiary/aromatic N) is 1. The lowest BCUT2D eigenvalue weighted by atomic mass is 9.89. The summed E-state index contributed by atoms with van der Waals surface area (Å²) in [5, 5.41) is 13.4. The Morgan fingerprint density at radius 1 is 1.53 bits per heavy atom. The third kappa shape index (κ3) is 3.19. The molecule has 0 bridgehead atoms. The topological polar surface area (TPSA) is 52.6 Å². The molecule has 1 amide bonds. The van der Waals surface area contributed by atoms with E-state index in [9.17, 15) is 9.90 Å². The summed E-state index contributed by atoms with van der Waals surface area (Å²) in [6.07, 6.45) is 3.58. The van der Waals surface area contributed by atoms with E-state index in [1.54, 1.807) is 0 Å². The Labute approximate surface area is 103 Å². The Bertz CT molecular complexity index is 291. The van der Waals surface area contributed by atoms with Crippen molar-refractivity contribution in [2.45, 2.75) is 51.2 Å². The number of hydrogen-bond acceptors (Lipinski definition) is 3. The summed E-state index contributed by atoms with van der Waals surface area (Å²) >= 11 is 0. The van der Waals surface area contributed by atoms with Gasteiger partial charge >= 0.3 is 0 Å². The van der Waals surface area contributed by atoms with Gasteiger partial charge in [-0.05, 0) is 46.1 Å². The van der Waals surface area contributed by atoms with Gasteiger partial charge in [0.25, 0.3) is 0 Å². The van der Waals surface area contributed by atoms with Crippen molar-refractivity contribution in [3.05, 3.63) is 0 Å². The molecule has 17 heavy (non-hydrogen) atoms. The van der Waals surface area contributed by atoms with Gasteiger partial charge in [0, 0.05) is 25.0 Å². The van der Waals surface area contributed by atoms with Gasteiger partial charge in [-0.1, -0.05) is 0 Å². The first-order chi connectivity index (χ1) is 7.98. The molecular formula is C13H24N2O2. The van der Waals surface area contributed by atoms with Gasteiger partial charge in [-0.3, -0.25) is 4.79 Å². The maximum Gasteiger partial charge on any atom is 0.225 e. The zero-order chi connectivity index (χ0) is 12.5. The van der Waals surface area contributed by atoms with E-state index < -0.39 is 5.60 Å². The number of piperidine rings is 2. The molecule has 2 fully saturated rings. The van der Waals surface area contributed by atoms with Crippen LogP contribution in [0, 0.1) is 5.92 Å². The Morgan fingerprint density at radius 2 is 2.29 bits per heavy atom. The number of hydrogen-bond donors (Lipinski definition) is 2. The van der Waals surface area contributed by atoms with Crippen LogP contribution in [0.5, 0.6) is 0 Å². The van der Waals surface area contributed by atoms with E-state index in [1.165, 1.54) is 0 Å². The van der Waals surface area contributed by atoms with Crippen molar-refractivity contribution < 1.29 is 9.90 Å². The standard InChI is InChI=1S/C13H24N2O2/c1-10-8-11(4-6-14-10)12(16)15-7-3-5-13(2,17)9-15/h10-11,14,17H,3-9H2,1-2H3. The second-order valence-electron chi connectivity index (χ2n) is 5.94. The first-order valence-corrected chi connectivity index (χ1v) is 6.72. The van der Waals surface area contributed by atoms with Crippen molar-refractivity contribution in [1.29, 1.82) is 0 Å². The molecule has 2 aliphatic heterocycles. The van der Waals surface area contributed by atoms with E-state index >= 15 is 0 Å². The SMILES string of the molecule is CC1CC(C(=O)N2CCCC(C)(O)C2)CCN1. The Balaban J connectivity index is 1.94. The molecule has 0 spiro atoms. The lowest BCUT2D eigenvalue weighted by Gasteiger charge is -2.39. The molecule has 0 aliphatic carbocycles. The molecule has 3 atom stereocenters. The summed E-state index contributed by atoms with van der Waals surface area (Å²) in [5.41, 5.74) is -0.688. The van der Waals surface area contributed by atoms with Crippen LogP contribution in [-0.2, 0) is 4.79 Å². The van der Waals surface area contributed by atoms with E-state index in [1.807, 2.05) is 11.8 Å². The number of likely N-dealkylation sites (tertiary alicyclic amines) is 1. The predicted octanol–water partition coefficient (Wildman–Crippen LogP) is 0.748.